The van der Waals surface area contributed by atoms with E-state index in [4.69, 9.17) is 21.1 Å². The maximum Gasteiger partial charge on any atom is 0.264 e. The maximum absolute atomic E-state index is 13.4. The lowest BCUT2D eigenvalue weighted by atomic mass is 10.2. The summed E-state index contributed by atoms with van der Waals surface area (Å²) in [6.07, 6.45) is 3.02. The monoisotopic (exact) mass is 605 g/mol. The normalized spacial score (nSPS) is 11.2. The molecule has 0 heterocycles. The topological polar surface area (TPSA) is 97.3 Å². The van der Waals surface area contributed by atoms with E-state index in [9.17, 15) is 13.2 Å². The second-order valence-electron chi connectivity index (χ2n) is 7.69. The highest BCUT2D eigenvalue weighted by molar-refractivity contribution is 9.10. The fraction of sp³-hybridized carbons (Fsp3) is 0.154. The van der Waals surface area contributed by atoms with Gasteiger partial charge in [0.15, 0.2) is 11.5 Å². The number of halogens is 2. The van der Waals surface area contributed by atoms with E-state index in [1.165, 1.54) is 31.5 Å². The molecule has 3 rings (SSSR count). The van der Waals surface area contributed by atoms with Crippen molar-refractivity contribution in [2.24, 2.45) is 5.10 Å². The van der Waals surface area contributed by atoms with Crippen LogP contribution in [0.1, 0.15) is 11.1 Å². The first kappa shape index (κ1) is 28.2. The number of ether oxygens (including phenoxy) is 2. The number of carbonyl (C=O) groups excluding carboxylic acids is 1. The number of carbonyl (C=O) groups is 1. The van der Waals surface area contributed by atoms with Crippen LogP contribution in [0, 0.1) is 6.92 Å². The second kappa shape index (κ2) is 12.8. The van der Waals surface area contributed by atoms with Crippen LogP contribution in [0.5, 0.6) is 11.5 Å². The summed E-state index contributed by atoms with van der Waals surface area (Å²) in [7, 11) is -2.56. The van der Waals surface area contributed by atoms with Gasteiger partial charge in [0.1, 0.15) is 13.2 Å². The van der Waals surface area contributed by atoms with Gasteiger partial charge < -0.3 is 9.47 Å². The zero-order chi connectivity index (χ0) is 27.0. The van der Waals surface area contributed by atoms with Gasteiger partial charge in [-0.1, -0.05) is 48.5 Å². The number of hydrogen-bond acceptors (Lipinski definition) is 6. The number of hydrazone groups is 1. The number of methoxy groups -OCH3 is 1. The molecule has 3 aromatic rings. The van der Waals surface area contributed by atoms with Gasteiger partial charge in [0.05, 0.1) is 28.4 Å². The zero-order valence-electron chi connectivity index (χ0n) is 20.1. The quantitative estimate of drug-likeness (QED) is 0.181. The first-order valence-electron chi connectivity index (χ1n) is 10.9. The van der Waals surface area contributed by atoms with Crippen molar-refractivity contribution in [2.75, 3.05) is 24.6 Å². The Morgan fingerprint density at radius 3 is 2.57 bits per heavy atom. The van der Waals surface area contributed by atoms with Crippen LogP contribution in [-0.4, -0.2) is 40.8 Å². The van der Waals surface area contributed by atoms with E-state index < -0.39 is 22.5 Å². The Hall–Kier alpha value is -3.34. The third-order valence-corrected chi connectivity index (χ3v) is 7.85. The summed E-state index contributed by atoms with van der Waals surface area (Å²) in [5, 5.41) is 4.36. The minimum atomic E-state index is -4.06. The minimum Gasteiger partial charge on any atom is -0.493 e. The molecule has 8 nitrogen and oxygen atoms in total. The second-order valence-corrected chi connectivity index (χ2v) is 10.8. The number of nitrogens with one attached hydrogen (secondary N) is 1. The smallest absolute Gasteiger partial charge is 0.264 e. The van der Waals surface area contributed by atoms with Crippen LogP contribution in [0.4, 0.5) is 5.69 Å². The molecule has 0 saturated carbocycles. The molecule has 0 aliphatic carbocycles. The lowest BCUT2D eigenvalue weighted by Crippen LogP contribution is -2.39. The number of sulfonamides is 1. The SMILES string of the molecule is C=CCOc1c(Br)cc(/C=N\NC(=O)CN(c2ccc(C)c(Cl)c2)S(=O)(=O)c2ccccc2)cc1OC. The molecule has 0 unspecified atom stereocenters. The highest BCUT2D eigenvalue weighted by Crippen LogP contribution is 2.36. The molecular formula is C26H25BrClN3O5S. The average Bonchev–Trinajstić information content (AvgIpc) is 2.88. The average molecular weight is 607 g/mol. The van der Waals surface area contributed by atoms with Crippen molar-refractivity contribution in [3.05, 3.63) is 93.9 Å². The molecule has 0 aliphatic heterocycles. The van der Waals surface area contributed by atoms with Gasteiger partial charge >= 0.3 is 0 Å². The van der Waals surface area contributed by atoms with Gasteiger partial charge in [-0.2, -0.15) is 5.10 Å². The summed E-state index contributed by atoms with van der Waals surface area (Å²) in [5.41, 5.74) is 4.01. The van der Waals surface area contributed by atoms with Crippen LogP contribution in [0.25, 0.3) is 0 Å². The van der Waals surface area contributed by atoms with E-state index in [0.29, 0.717) is 33.2 Å². The molecule has 0 radical (unpaired) electrons. The van der Waals surface area contributed by atoms with Crippen LogP contribution in [0.2, 0.25) is 5.02 Å². The van der Waals surface area contributed by atoms with Gasteiger partial charge in [-0.05, 0) is 70.4 Å². The van der Waals surface area contributed by atoms with Gasteiger partial charge in [-0.15, -0.1) is 0 Å². The minimum absolute atomic E-state index is 0.0405. The van der Waals surface area contributed by atoms with Crippen molar-refractivity contribution in [2.45, 2.75) is 11.8 Å². The Bertz CT molecular complexity index is 1420. The number of amides is 1. The summed E-state index contributed by atoms with van der Waals surface area (Å²) >= 11 is 9.68. The molecular weight excluding hydrogens is 582 g/mol. The number of nitrogens with zero attached hydrogens (tertiary/aromatic N) is 2. The van der Waals surface area contributed by atoms with E-state index in [2.05, 4.69) is 33.0 Å². The number of anilines is 1. The molecule has 37 heavy (non-hydrogen) atoms. The molecule has 0 saturated heterocycles. The third-order valence-electron chi connectivity index (χ3n) is 5.06. The van der Waals surface area contributed by atoms with Gasteiger partial charge in [0.2, 0.25) is 0 Å². The molecule has 194 valence electrons. The van der Waals surface area contributed by atoms with E-state index in [1.807, 2.05) is 0 Å². The Kier molecular flexibility index (Phi) is 9.73. The molecule has 0 bridgehead atoms. The van der Waals surface area contributed by atoms with Crippen molar-refractivity contribution in [3.63, 3.8) is 0 Å². The lowest BCUT2D eigenvalue weighted by molar-refractivity contribution is -0.119. The first-order valence-corrected chi connectivity index (χ1v) is 13.6. The summed E-state index contributed by atoms with van der Waals surface area (Å²) in [6.45, 7) is 5.21. The highest BCUT2D eigenvalue weighted by Gasteiger charge is 2.27. The van der Waals surface area contributed by atoms with Crippen LogP contribution >= 0.6 is 27.5 Å². The predicted molar refractivity (Wildman–Crippen MR) is 149 cm³/mol. The lowest BCUT2D eigenvalue weighted by Gasteiger charge is -2.24. The van der Waals surface area contributed by atoms with Crippen molar-refractivity contribution >= 4 is 55.4 Å². The maximum atomic E-state index is 13.4. The van der Waals surface area contributed by atoms with Gasteiger partial charge in [0.25, 0.3) is 15.9 Å². The van der Waals surface area contributed by atoms with Crippen molar-refractivity contribution < 1.29 is 22.7 Å². The zero-order valence-corrected chi connectivity index (χ0v) is 23.3. The van der Waals surface area contributed by atoms with Crippen molar-refractivity contribution in [3.8, 4) is 11.5 Å². The Morgan fingerprint density at radius 2 is 1.92 bits per heavy atom. The van der Waals surface area contributed by atoms with E-state index in [-0.39, 0.29) is 10.6 Å². The Labute approximate surface area is 229 Å². The Balaban J connectivity index is 1.82. The number of aryl methyl sites for hydroxylation is 1. The summed E-state index contributed by atoms with van der Waals surface area (Å²) in [5.74, 6) is 0.312. The van der Waals surface area contributed by atoms with Crippen LogP contribution < -0.4 is 19.2 Å². The molecule has 0 aliphatic rings. The Morgan fingerprint density at radius 1 is 1.19 bits per heavy atom. The highest BCUT2D eigenvalue weighted by atomic mass is 79.9. The summed E-state index contributed by atoms with van der Waals surface area (Å²) < 4.78 is 39.4. The fourth-order valence-electron chi connectivity index (χ4n) is 3.21. The molecule has 1 N–H and O–H groups in total. The number of rotatable bonds is 11. The third kappa shape index (κ3) is 7.12. The van der Waals surface area contributed by atoms with Crippen molar-refractivity contribution in [1.82, 2.24) is 5.43 Å². The predicted octanol–water partition coefficient (Wildman–Crippen LogP) is 5.33. The van der Waals surface area contributed by atoms with Gasteiger partial charge in [-0.25, -0.2) is 13.8 Å². The van der Waals surface area contributed by atoms with E-state index in [0.717, 1.165) is 9.87 Å². The molecule has 3 aromatic carbocycles. The van der Waals surface area contributed by atoms with Gasteiger partial charge in [-0.3, -0.25) is 9.10 Å². The van der Waals surface area contributed by atoms with Gasteiger partial charge in [0, 0.05) is 5.02 Å². The standard InChI is InChI=1S/C26H25BrClN3O5S/c1-4-12-36-26-22(27)13-19(14-24(26)35-3)16-29-30-25(32)17-31(20-11-10-18(2)23(28)15-20)37(33,34)21-8-6-5-7-9-21/h4-11,13-16H,1,12,17H2,2-3H3,(H,30,32)/b29-16-. The van der Waals surface area contributed by atoms with E-state index >= 15 is 0 Å². The molecule has 0 aromatic heterocycles. The van der Waals surface area contributed by atoms with E-state index in [1.54, 1.807) is 55.5 Å². The number of benzene rings is 3. The summed E-state index contributed by atoms with van der Waals surface area (Å²) in [4.78, 5) is 12.8. The molecule has 0 fully saturated rings. The fourth-order valence-corrected chi connectivity index (χ4v) is 5.40. The van der Waals surface area contributed by atoms with Crippen molar-refractivity contribution in [1.29, 1.82) is 0 Å². The molecule has 0 spiro atoms. The molecule has 11 heteroatoms. The van der Waals surface area contributed by atoms with Crippen LogP contribution in [-0.2, 0) is 14.8 Å². The van der Waals surface area contributed by atoms with Crippen LogP contribution in [0.3, 0.4) is 0 Å². The van der Waals surface area contributed by atoms with Crippen LogP contribution in [0.15, 0.2) is 87.8 Å². The molecule has 0 atom stereocenters. The first-order chi connectivity index (χ1) is 17.7. The largest absolute Gasteiger partial charge is 0.493 e. The summed E-state index contributed by atoms with van der Waals surface area (Å²) in [6, 6.07) is 16.1. The number of hydrogen-bond donors (Lipinski definition) is 1. The molecule has 1 amide bonds.